The zero-order valence-corrected chi connectivity index (χ0v) is 24.5. The van der Waals surface area contributed by atoms with Crippen LogP contribution in [0.15, 0.2) is 53.1 Å². The predicted molar refractivity (Wildman–Crippen MR) is 141 cm³/mol. The molecule has 1 aliphatic carbocycles. The number of hydrogen-bond donors (Lipinski definition) is 0. The van der Waals surface area contributed by atoms with Gasteiger partial charge in [0.1, 0.15) is 8.07 Å². The Labute approximate surface area is 210 Å². The summed E-state index contributed by atoms with van der Waals surface area (Å²) in [5, 5.41) is 3.02. The fourth-order valence-corrected chi connectivity index (χ4v) is 10.2. The first-order valence-electron chi connectivity index (χ1n) is 9.97. The molecular formula is C29H42SiTi. The van der Waals surface area contributed by atoms with Gasteiger partial charge in [-0.05, 0) is 27.7 Å². The summed E-state index contributed by atoms with van der Waals surface area (Å²) in [4.78, 5) is 0. The largest absolute Gasteiger partial charge is 4.00 e. The Bertz CT molecular complexity index is 962. The van der Waals surface area contributed by atoms with Gasteiger partial charge in [0.25, 0.3) is 0 Å². The van der Waals surface area contributed by atoms with Gasteiger partial charge in [0.05, 0.1) is 0 Å². The molecule has 0 amide bonds. The maximum absolute atomic E-state index is 3.96. The van der Waals surface area contributed by atoms with Crippen LogP contribution in [-0.2, 0) is 21.7 Å². The van der Waals surface area contributed by atoms with Gasteiger partial charge in [-0.1, -0.05) is 101 Å². The molecule has 2 aromatic rings. The first kappa shape index (κ1) is 32.0. The molecule has 0 fully saturated rings. The fourth-order valence-electron chi connectivity index (χ4n) is 4.97. The number of allylic oxidation sites excluding steroid dienone is 4. The zero-order valence-electron chi connectivity index (χ0n) is 22.0. The molecule has 0 saturated carbocycles. The average Bonchev–Trinajstić information content (AvgIpc) is 2.79. The van der Waals surface area contributed by atoms with Crippen molar-refractivity contribution >= 4 is 18.4 Å². The van der Waals surface area contributed by atoms with Gasteiger partial charge in [0, 0.05) is 0 Å². The Morgan fingerprint density at radius 2 is 1.26 bits per heavy atom. The normalized spacial score (nSPS) is 19.2. The van der Waals surface area contributed by atoms with E-state index in [1.54, 1.807) is 5.19 Å². The molecule has 0 heterocycles. The van der Waals surface area contributed by atoms with Crippen molar-refractivity contribution < 1.29 is 21.7 Å². The number of hydrogen-bond acceptors (Lipinski definition) is 0. The van der Waals surface area contributed by atoms with E-state index in [1.165, 1.54) is 44.2 Å². The Hall–Kier alpha value is -1.15. The van der Waals surface area contributed by atoms with Crippen molar-refractivity contribution in [3.8, 4) is 0 Å². The molecule has 3 rings (SSSR count). The van der Waals surface area contributed by atoms with Crippen LogP contribution in [0.2, 0.25) is 11.6 Å². The summed E-state index contributed by atoms with van der Waals surface area (Å²) in [7, 11) is -2.17. The number of rotatable bonds is 3. The van der Waals surface area contributed by atoms with Crippen molar-refractivity contribution in [3.63, 3.8) is 0 Å². The average molecular weight is 467 g/mol. The topological polar surface area (TPSA) is 0 Å². The minimum atomic E-state index is -2.17. The second kappa shape index (κ2) is 11.1. The summed E-state index contributed by atoms with van der Waals surface area (Å²) in [6.45, 7) is 20.8. The molecule has 1 aliphatic rings. The Morgan fingerprint density at radius 1 is 0.742 bits per heavy atom. The van der Waals surface area contributed by atoms with Gasteiger partial charge in [0.2, 0.25) is 0 Å². The first-order chi connectivity index (χ1) is 12.5. The second-order valence-electron chi connectivity index (χ2n) is 8.94. The smallest absolute Gasteiger partial charge is 0.358 e. The van der Waals surface area contributed by atoms with Crippen LogP contribution >= 0.6 is 0 Å². The van der Waals surface area contributed by atoms with Crippen LogP contribution in [0.4, 0.5) is 0 Å². The minimum absolute atomic E-state index is 0. The van der Waals surface area contributed by atoms with Crippen molar-refractivity contribution in [2.45, 2.75) is 67.0 Å². The van der Waals surface area contributed by atoms with E-state index in [4.69, 9.17) is 0 Å². The van der Waals surface area contributed by atoms with Crippen LogP contribution in [0.1, 0.15) is 49.9 Å². The van der Waals surface area contributed by atoms with Crippen LogP contribution < -0.4 is 10.4 Å². The van der Waals surface area contributed by atoms with E-state index in [-0.39, 0.29) is 49.0 Å². The molecule has 31 heavy (non-hydrogen) atoms. The quantitative estimate of drug-likeness (QED) is 0.328. The van der Waals surface area contributed by atoms with E-state index in [0.29, 0.717) is 0 Å². The number of aryl methyl sites for hydroxylation is 4. The molecule has 2 heteroatoms. The van der Waals surface area contributed by atoms with E-state index in [2.05, 4.69) is 104 Å². The zero-order chi connectivity index (χ0) is 20.1. The van der Waals surface area contributed by atoms with Crippen LogP contribution in [0.25, 0.3) is 0 Å². The monoisotopic (exact) mass is 466 g/mol. The third-order valence-electron chi connectivity index (χ3n) is 7.04. The molecule has 166 valence electrons. The van der Waals surface area contributed by atoms with Gasteiger partial charge < -0.3 is 22.3 Å². The summed E-state index contributed by atoms with van der Waals surface area (Å²) in [6, 6.07) is 14.2. The first-order valence-corrected chi connectivity index (χ1v) is 12.5. The maximum atomic E-state index is 3.96. The second-order valence-corrected chi connectivity index (χ2v) is 13.3. The molecule has 0 radical (unpaired) electrons. The van der Waals surface area contributed by atoms with Crippen molar-refractivity contribution in [2.24, 2.45) is 0 Å². The van der Waals surface area contributed by atoms with E-state index >= 15 is 0 Å². The molecule has 0 N–H and O–H groups in total. The van der Waals surface area contributed by atoms with Crippen molar-refractivity contribution in [3.05, 3.63) is 104 Å². The summed E-state index contributed by atoms with van der Waals surface area (Å²) < 4.78 is 0. The molecule has 2 aromatic carbocycles. The van der Waals surface area contributed by atoms with Gasteiger partial charge in [-0.3, -0.25) is 6.08 Å². The summed E-state index contributed by atoms with van der Waals surface area (Å²) in [5.41, 5.74) is 9.71. The Morgan fingerprint density at radius 3 is 1.71 bits per heavy atom. The molecule has 0 saturated heterocycles. The molecule has 0 aliphatic heterocycles. The third kappa shape index (κ3) is 5.10. The summed E-state index contributed by atoms with van der Waals surface area (Å²) in [6.07, 6.45) is 3.96. The Kier molecular flexibility index (Phi) is 11.5. The van der Waals surface area contributed by atoms with E-state index in [1.807, 2.05) is 0 Å². The fraction of sp³-hybridized carbons (Fsp3) is 0.345. The van der Waals surface area contributed by atoms with Gasteiger partial charge in [-0.25, -0.2) is 5.57 Å². The SMILES string of the molecule is CC1=[C-]C(C)([Si](C)(c2cc(C)cc(C)c2)c2cc(C)ccc2C)C(C)=C1C.[CH3-].[CH3-].[CH3-].[Ti+4]. The van der Waals surface area contributed by atoms with Gasteiger partial charge >= 0.3 is 21.7 Å². The van der Waals surface area contributed by atoms with Crippen molar-refractivity contribution in [2.75, 3.05) is 0 Å². The standard InChI is InChI=1S/C26H33Si.3CH3.Ti/c1-17-10-11-20(4)25(15-17)27(9,24-13-18(2)12-19(3)14-24)26(8)16-21(5)22(6)23(26)7;;;;/h10-15H,1-9H3;3*1H3;/q4*-1;+4. The van der Waals surface area contributed by atoms with Gasteiger partial charge in [-0.2, -0.15) is 11.1 Å². The molecule has 0 aromatic heterocycles. The van der Waals surface area contributed by atoms with E-state index in [9.17, 15) is 0 Å². The molecule has 0 bridgehead atoms. The van der Waals surface area contributed by atoms with Crippen LogP contribution in [0.3, 0.4) is 0 Å². The molecule has 0 nitrogen and oxygen atoms in total. The predicted octanol–water partition coefficient (Wildman–Crippen LogP) is 7.32. The summed E-state index contributed by atoms with van der Waals surface area (Å²) in [5.74, 6) is 0. The van der Waals surface area contributed by atoms with Crippen molar-refractivity contribution in [1.29, 1.82) is 0 Å². The van der Waals surface area contributed by atoms with Crippen molar-refractivity contribution in [1.82, 2.24) is 0 Å². The van der Waals surface area contributed by atoms with Crippen LogP contribution in [-0.4, -0.2) is 8.07 Å². The minimum Gasteiger partial charge on any atom is -0.358 e. The third-order valence-corrected chi connectivity index (χ3v) is 12.6. The molecule has 2 unspecified atom stereocenters. The molecule has 2 atom stereocenters. The summed E-state index contributed by atoms with van der Waals surface area (Å²) >= 11 is 0. The van der Waals surface area contributed by atoms with Crippen LogP contribution in [0, 0.1) is 56.1 Å². The molecule has 0 spiro atoms. The van der Waals surface area contributed by atoms with Gasteiger partial charge in [0.15, 0.2) is 0 Å². The van der Waals surface area contributed by atoms with Crippen LogP contribution in [0.5, 0.6) is 0 Å². The van der Waals surface area contributed by atoms with Gasteiger partial charge in [-0.15, -0.1) is 6.92 Å². The Balaban J connectivity index is 0. The maximum Gasteiger partial charge on any atom is 4.00 e. The van der Waals surface area contributed by atoms with E-state index in [0.717, 1.165) is 0 Å². The van der Waals surface area contributed by atoms with E-state index < -0.39 is 8.07 Å². The number of benzene rings is 2. The molecular weight excluding hydrogens is 424 g/mol.